The van der Waals surface area contributed by atoms with E-state index in [1.807, 2.05) is 30.3 Å². The van der Waals surface area contributed by atoms with Crippen LogP contribution in [0.4, 0.5) is 5.69 Å². The Hall–Kier alpha value is -2.89. The molecule has 0 N–H and O–H groups in total. The highest BCUT2D eigenvalue weighted by Crippen LogP contribution is 2.27. The zero-order chi connectivity index (χ0) is 15.9. The maximum absolute atomic E-state index is 11.6. The molecule has 22 heavy (non-hydrogen) atoms. The lowest BCUT2D eigenvalue weighted by Gasteiger charge is -2.08. The van der Waals surface area contributed by atoms with Gasteiger partial charge in [-0.2, -0.15) is 0 Å². The molecule has 0 aromatic heterocycles. The molecule has 0 aliphatic carbocycles. The molecule has 2 aromatic rings. The fourth-order valence-electron chi connectivity index (χ4n) is 1.80. The largest absolute Gasteiger partial charge is 0.475 e. The molecule has 6 heteroatoms. The van der Waals surface area contributed by atoms with E-state index in [9.17, 15) is 14.9 Å². The number of rotatable bonds is 6. The van der Waals surface area contributed by atoms with Crippen molar-refractivity contribution in [2.75, 3.05) is 6.61 Å². The minimum absolute atomic E-state index is 0.0571. The fraction of sp³-hybridized carbons (Fsp3) is 0.188. The van der Waals surface area contributed by atoms with Crippen LogP contribution in [0.15, 0.2) is 48.5 Å². The Bertz CT molecular complexity index is 669. The predicted molar refractivity (Wildman–Crippen MR) is 79.6 cm³/mol. The van der Waals surface area contributed by atoms with E-state index in [2.05, 4.69) is 0 Å². The van der Waals surface area contributed by atoms with Crippen LogP contribution >= 0.6 is 0 Å². The van der Waals surface area contributed by atoms with Gasteiger partial charge >= 0.3 is 11.7 Å². The number of benzene rings is 2. The molecule has 0 amide bonds. The Morgan fingerprint density at radius 1 is 1.18 bits per heavy atom. The summed E-state index contributed by atoms with van der Waals surface area (Å²) >= 11 is 0. The molecular formula is C16H15NO5. The van der Waals surface area contributed by atoms with Gasteiger partial charge < -0.3 is 9.47 Å². The van der Waals surface area contributed by atoms with Gasteiger partial charge in [-0.15, -0.1) is 0 Å². The van der Waals surface area contributed by atoms with Gasteiger partial charge in [-0.1, -0.05) is 36.4 Å². The van der Waals surface area contributed by atoms with E-state index in [0.29, 0.717) is 0 Å². The highest BCUT2D eigenvalue weighted by atomic mass is 16.6. The lowest BCUT2D eigenvalue weighted by molar-refractivity contribution is -0.385. The smallest absolute Gasteiger partial charge is 0.344 e. The zero-order valence-corrected chi connectivity index (χ0v) is 12.0. The number of carbonyl (C=O) groups is 1. The molecule has 0 atom stereocenters. The molecular weight excluding hydrogens is 286 g/mol. The van der Waals surface area contributed by atoms with Gasteiger partial charge in [0.25, 0.3) is 0 Å². The average molecular weight is 301 g/mol. The highest BCUT2D eigenvalue weighted by Gasteiger charge is 2.16. The van der Waals surface area contributed by atoms with Crippen LogP contribution in [0.1, 0.15) is 11.1 Å². The molecule has 6 nitrogen and oxygen atoms in total. The van der Waals surface area contributed by atoms with E-state index in [1.54, 1.807) is 13.0 Å². The predicted octanol–water partition coefficient (Wildman–Crippen LogP) is 3.03. The van der Waals surface area contributed by atoms with Crippen molar-refractivity contribution in [3.8, 4) is 5.75 Å². The summed E-state index contributed by atoms with van der Waals surface area (Å²) in [5, 5.41) is 10.9. The summed E-state index contributed by atoms with van der Waals surface area (Å²) in [6.45, 7) is 1.54. The number of esters is 1. The number of nitro groups is 1. The van der Waals surface area contributed by atoms with Gasteiger partial charge in [-0.3, -0.25) is 10.1 Å². The summed E-state index contributed by atoms with van der Waals surface area (Å²) in [6.07, 6.45) is 0. The molecule has 0 spiro atoms. The number of nitrogens with zero attached hydrogens (tertiary/aromatic N) is 1. The van der Waals surface area contributed by atoms with E-state index in [4.69, 9.17) is 9.47 Å². The number of ether oxygens (including phenoxy) is 2. The average Bonchev–Trinajstić information content (AvgIpc) is 2.51. The summed E-state index contributed by atoms with van der Waals surface area (Å²) in [5.74, 6) is -0.527. The van der Waals surface area contributed by atoms with E-state index in [0.717, 1.165) is 11.1 Å². The maximum atomic E-state index is 11.6. The third kappa shape index (κ3) is 4.31. The first-order chi connectivity index (χ1) is 10.6. The SMILES string of the molecule is Cc1ccc([N+](=O)[O-])c(OCC(=O)OCc2ccccc2)c1. The third-order valence-corrected chi connectivity index (χ3v) is 2.90. The van der Waals surface area contributed by atoms with Crippen LogP contribution in [0.3, 0.4) is 0 Å². The van der Waals surface area contributed by atoms with Crippen molar-refractivity contribution in [1.82, 2.24) is 0 Å². The number of nitro benzene ring substituents is 1. The van der Waals surface area contributed by atoms with Gasteiger partial charge in [0, 0.05) is 6.07 Å². The first-order valence-corrected chi connectivity index (χ1v) is 6.63. The van der Waals surface area contributed by atoms with Crippen LogP contribution in [-0.2, 0) is 16.1 Å². The number of hydrogen-bond donors (Lipinski definition) is 0. The maximum Gasteiger partial charge on any atom is 0.344 e. The lowest BCUT2D eigenvalue weighted by Crippen LogP contribution is -2.15. The monoisotopic (exact) mass is 301 g/mol. The molecule has 0 radical (unpaired) electrons. The normalized spacial score (nSPS) is 10.0. The molecule has 0 unspecified atom stereocenters. The Morgan fingerprint density at radius 3 is 2.59 bits per heavy atom. The molecule has 0 saturated heterocycles. The van der Waals surface area contributed by atoms with Crippen LogP contribution in [0.5, 0.6) is 5.75 Å². The van der Waals surface area contributed by atoms with Crippen molar-refractivity contribution in [2.45, 2.75) is 13.5 Å². The molecule has 0 bridgehead atoms. The van der Waals surface area contributed by atoms with Crippen LogP contribution < -0.4 is 4.74 Å². The quantitative estimate of drug-likeness (QED) is 0.465. The summed E-state index contributed by atoms with van der Waals surface area (Å²) in [4.78, 5) is 22.0. The Balaban J connectivity index is 1.91. The van der Waals surface area contributed by atoms with Crippen LogP contribution in [0, 0.1) is 17.0 Å². The van der Waals surface area contributed by atoms with Crippen LogP contribution in [0.25, 0.3) is 0 Å². The Kier molecular flexibility index (Phi) is 5.08. The topological polar surface area (TPSA) is 78.7 Å². The molecule has 0 aliphatic heterocycles. The summed E-state index contributed by atoms with van der Waals surface area (Å²) < 4.78 is 10.3. The van der Waals surface area contributed by atoms with Crippen molar-refractivity contribution in [1.29, 1.82) is 0 Å². The van der Waals surface area contributed by atoms with Crippen molar-refractivity contribution < 1.29 is 19.2 Å². The second kappa shape index (κ2) is 7.21. The molecule has 114 valence electrons. The Labute approximate surface area is 127 Å². The van der Waals surface area contributed by atoms with E-state index >= 15 is 0 Å². The number of hydrogen-bond acceptors (Lipinski definition) is 5. The van der Waals surface area contributed by atoms with Crippen molar-refractivity contribution in [2.24, 2.45) is 0 Å². The Morgan fingerprint density at radius 2 is 1.91 bits per heavy atom. The van der Waals surface area contributed by atoms with Gasteiger partial charge in [0.05, 0.1) is 4.92 Å². The molecule has 2 rings (SSSR count). The van der Waals surface area contributed by atoms with Crippen molar-refractivity contribution in [3.63, 3.8) is 0 Å². The van der Waals surface area contributed by atoms with Gasteiger partial charge in [0.15, 0.2) is 12.4 Å². The second-order valence-corrected chi connectivity index (χ2v) is 4.66. The summed E-state index contributed by atoms with van der Waals surface area (Å²) in [5.41, 5.74) is 1.48. The van der Waals surface area contributed by atoms with Gasteiger partial charge in [-0.25, -0.2) is 4.79 Å². The van der Waals surface area contributed by atoms with E-state index in [1.165, 1.54) is 12.1 Å². The standard InChI is InChI=1S/C16H15NO5/c1-12-7-8-14(17(19)20)15(9-12)21-11-16(18)22-10-13-5-3-2-4-6-13/h2-9H,10-11H2,1H3. The molecule has 0 heterocycles. The minimum Gasteiger partial charge on any atom is -0.475 e. The van der Waals surface area contributed by atoms with E-state index in [-0.39, 0.29) is 24.7 Å². The second-order valence-electron chi connectivity index (χ2n) is 4.66. The van der Waals surface area contributed by atoms with Gasteiger partial charge in [0.2, 0.25) is 0 Å². The van der Waals surface area contributed by atoms with Gasteiger partial charge in [0.1, 0.15) is 6.61 Å². The molecule has 0 aliphatic rings. The van der Waals surface area contributed by atoms with Crippen LogP contribution in [0.2, 0.25) is 0 Å². The fourth-order valence-corrected chi connectivity index (χ4v) is 1.80. The van der Waals surface area contributed by atoms with Gasteiger partial charge in [-0.05, 0) is 24.1 Å². The molecule has 0 fully saturated rings. The highest BCUT2D eigenvalue weighted by molar-refractivity contribution is 5.71. The van der Waals surface area contributed by atoms with Crippen LogP contribution in [-0.4, -0.2) is 17.5 Å². The first kappa shape index (κ1) is 15.5. The van der Waals surface area contributed by atoms with E-state index < -0.39 is 10.9 Å². The number of carbonyl (C=O) groups excluding carboxylic acids is 1. The number of aryl methyl sites for hydroxylation is 1. The third-order valence-electron chi connectivity index (χ3n) is 2.90. The molecule has 0 saturated carbocycles. The summed E-state index contributed by atoms with van der Waals surface area (Å²) in [6, 6.07) is 13.7. The lowest BCUT2D eigenvalue weighted by atomic mass is 10.2. The summed E-state index contributed by atoms with van der Waals surface area (Å²) in [7, 11) is 0. The van der Waals surface area contributed by atoms with Crippen molar-refractivity contribution >= 4 is 11.7 Å². The first-order valence-electron chi connectivity index (χ1n) is 6.63. The van der Waals surface area contributed by atoms with Crippen molar-refractivity contribution in [3.05, 3.63) is 69.8 Å². The zero-order valence-electron chi connectivity index (χ0n) is 12.0. The molecule has 2 aromatic carbocycles. The minimum atomic E-state index is -0.584.